The number of nitrogens with one attached hydrogen (secondary N) is 1. The first kappa shape index (κ1) is 44.0. The van der Waals surface area contributed by atoms with Gasteiger partial charge in [-0.15, -0.1) is 0 Å². The molecule has 58 heavy (non-hydrogen) atoms. The molecule has 0 radical (unpaired) electrons. The molecule has 0 bridgehead atoms. The van der Waals surface area contributed by atoms with Crippen molar-refractivity contribution in [3.63, 3.8) is 0 Å². The molecule has 2 aliphatic heterocycles. The Morgan fingerprint density at radius 3 is 1.62 bits per heavy atom. The maximum Gasteiger partial charge on any atom is 0.440 e. The van der Waals surface area contributed by atoms with Crippen molar-refractivity contribution in [3.8, 4) is 0 Å². The average molecular weight is 843 g/mol. The molecule has 0 spiro atoms. The Hall–Kier alpha value is -3.54. The van der Waals surface area contributed by atoms with Crippen molar-refractivity contribution < 1.29 is 42.1 Å². The summed E-state index contributed by atoms with van der Waals surface area (Å²) in [5, 5.41) is 1.40. The molecule has 0 aliphatic carbocycles. The van der Waals surface area contributed by atoms with Crippen molar-refractivity contribution in [2.45, 2.75) is 24.8 Å². The molecule has 314 valence electrons. The number of H-pyrrole nitrogens is 1. The molecule has 2 saturated heterocycles. The maximum atomic E-state index is 13.9. The Morgan fingerprint density at radius 2 is 1.16 bits per heavy atom. The fourth-order valence-corrected chi connectivity index (χ4v) is 8.33. The molecule has 2 fully saturated rings. The number of rotatable bonds is 10. The third-order valence-corrected chi connectivity index (χ3v) is 11.1. The van der Waals surface area contributed by atoms with E-state index in [9.17, 15) is 14.2 Å². The zero-order chi connectivity index (χ0) is 40.6. The van der Waals surface area contributed by atoms with Crippen LogP contribution >= 0.6 is 18.2 Å². The molecule has 17 heteroatoms. The molecule has 1 N–H and O–H groups in total. The van der Waals surface area contributed by atoms with Crippen LogP contribution in [-0.4, -0.2) is 124 Å². The number of benzene rings is 3. The van der Waals surface area contributed by atoms with Gasteiger partial charge in [-0.25, -0.2) is 14.0 Å². The van der Waals surface area contributed by atoms with Crippen LogP contribution in [0.15, 0.2) is 107 Å². The van der Waals surface area contributed by atoms with E-state index >= 15 is 0 Å². The van der Waals surface area contributed by atoms with E-state index in [4.69, 9.17) is 48.8 Å². The highest BCUT2D eigenvalue weighted by molar-refractivity contribution is 7.81. The predicted molar refractivity (Wildman–Crippen MR) is 217 cm³/mol. The number of halogens is 1. The number of aromatic amines is 1. The van der Waals surface area contributed by atoms with E-state index in [1.165, 1.54) is 15.8 Å². The number of nitrogens with zero attached hydrogens (tertiary/aromatic N) is 3. The summed E-state index contributed by atoms with van der Waals surface area (Å²) in [5.74, 6) is 0. The highest BCUT2D eigenvalue weighted by atomic mass is 35.7. The molecule has 6 rings (SSSR count). The molecule has 4 aromatic rings. The smallest absolute Gasteiger partial charge is 0.378 e. The number of aromatic nitrogens is 2. The molecule has 3 aromatic carbocycles. The van der Waals surface area contributed by atoms with Crippen LogP contribution in [0.1, 0.15) is 28.5 Å². The first-order chi connectivity index (χ1) is 28.3. The van der Waals surface area contributed by atoms with Crippen LogP contribution < -0.4 is 11.2 Å². The first-order valence-electron chi connectivity index (χ1n) is 19.4. The van der Waals surface area contributed by atoms with Gasteiger partial charge in [0.25, 0.3) is 5.56 Å². The Kier molecular flexibility index (Phi) is 16.8. The van der Waals surface area contributed by atoms with Gasteiger partial charge in [-0.2, -0.15) is 5.06 Å². The molecular weight excluding hydrogens is 791 g/mol. The first-order valence-corrected chi connectivity index (χ1v) is 21.9. The van der Waals surface area contributed by atoms with Crippen molar-refractivity contribution >= 4 is 18.2 Å². The van der Waals surface area contributed by atoms with Crippen molar-refractivity contribution in [2.75, 3.05) is 98.9 Å². The zero-order valence-corrected chi connectivity index (χ0v) is 34.3. The van der Waals surface area contributed by atoms with Crippen molar-refractivity contribution in [1.82, 2.24) is 19.5 Å². The van der Waals surface area contributed by atoms with Gasteiger partial charge >= 0.3 is 12.6 Å². The van der Waals surface area contributed by atoms with Gasteiger partial charge in [0.05, 0.1) is 84.3 Å². The minimum Gasteiger partial charge on any atom is -0.378 e. The summed E-state index contributed by atoms with van der Waals surface area (Å²) in [4.78, 5) is 30.5. The SMILES string of the molecule is Cc1cn(C2CN(C(c3ccccc3)(c3ccccc3)c3ccccc3)CC(COP(=O)(Cl)ON3CCOCCOCCOCCOCCOCC3)O2)c(=O)[nH]c1=O. The fourth-order valence-electron chi connectivity index (χ4n) is 7.06. The highest BCUT2D eigenvalue weighted by Crippen LogP contribution is 2.54. The molecule has 2 aliphatic rings. The Labute approximate surface area is 342 Å². The molecule has 1 aromatic heterocycles. The standard InChI is InChI=1S/C41H52ClN4O11P/c1-33-29-46(40(48)43-39(33)47)38-31-44(41(34-11-5-2-6-12-34,35-13-7-3-8-14-35)36-15-9-4-10-16-36)30-37(56-38)32-55-58(42,49)57-45-17-19-50-21-23-52-25-27-54-28-26-53-24-22-51-20-18-45/h2-16,29,37-38H,17-28,30-32H2,1H3,(H,43,47,48). The van der Waals surface area contributed by atoms with Crippen molar-refractivity contribution in [1.29, 1.82) is 0 Å². The number of hydroxylamine groups is 2. The molecule has 0 amide bonds. The minimum atomic E-state index is -4.29. The summed E-state index contributed by atoms with van der Waals surface area (Å²) >= 11 is 6.54. The van der Waals surface area contributed by atoms with Gasteiger partial charge in [-0.05, 0) is 23.6 Å². The van der Waals surface area contributed by atoms with E-state index < -0.39 is 36.1 Å². The second-order valence-corrected chi connectivity index (χ2v) is 16.2. The van der Waals surface area contributed by atoms with E-state index in [2.05, 4.69) is 46.3 Å². The van der Waals surface area contributed by atoms with Crippen LogP contribution in [0.25, 0.3) is 0 Å². The van der Waals surface area contributed by atoms with Crippen molar-refractivity contribution in [2.24, 2.45) is 0 Å². The van der Waals surface area contributed by atoms with Crippen LogP contribution in [0.4, 0.5) is 0 Å². The molecule has 0 saturated carbocycles. The van der Waals surface area contributed by atoms with E-state index in [1.807, 2.05) is 54.6 Å². The topological polar surface area (TPSA) is 152 Å². The largest absolute Gasteiger partial charge is 0.440 e. The quantitative estimate of drug-likeness (QED) is 0.173. The van der Waals surface area contributed by atoms with Gasteiger partial charge in [0.2, 0.25) is 0 Å². The Balaban J connectivity index is 1.26. The van der Waals surface area contributed by atoms with Crippen LogP contribution in [0.3, 0.4) is 0 Å². The second kappa shape index (κ2) is 22.2. The summed E-state index contributed by atoms with van der Waals surface area (Å²) in [6, 6.07) is 30.3. The molecule has 3 unspecified atom stereocenters. The van der Waals surface area contributed by atoms with Gasteiger partial charge in [0.1, 0.15) is 0 Å². The third-order valence-electron chi connectivity index (χ3n) is 9.74. The molecule has 3 atom stereocenters. The van der Waals surface area contributed by atoms with Crippen LogP contribution in [0.2, 0.25) is 0 Å². The number of morpholine rings is 1. The monoisotopic (exact) mass is 842 g/mol. The van der Waals surface area contributed by atoms with Gasteiger partial charge in [-0.1, -0.05) is 91.0 Å². The Bertz CT molecular complexity index is 1880. The van der Waals surface area contributed by atoms with Crippen LogP contribution in [-0.2, 0) is 47.7 Å². The maximum absolute atomic E-state index is 13.9. The lowest BCUT2D eigenvalue weighted by Crippen LogP contribution is -2.58. The molecule has 3 heterocycles. The lowest BCUT2D eigenvalue weighted by molar-refractivity contribution is -0.152. The van der Waals surface area contributed by atoms with E-state index in [1.54, 1.807) is 6.92 Å². The summed E-state index contributed by atoms with van der Waals surface area (Å²) in [6.45, 7) is 1.65. The van der Waals surface area contributed by atoms with Crippen LogP contribution in [0, 0.1) is 6.92 Å². The molecule has 15 nitrogen and oxygen atoms in total. The van der Waals surface area contributed by atoms with Gasteiger partial charge < -0.3 is 28.4 Å². The normalized spacial score (nSPS) is 21.7. The summed E-state index contributed by atoms with van der Waals surface area (Å²) in [5.41, 5.74) is 1.23. The number of hydrogen-bond acceptors (Lipinski definition) is 13. The second-order valence-electron chi connectivity index (χ2n) is 13.7. The lowest BCUT2D eigenvalue weighted by atomic mass is 9.75. The molecular formula is C41H52ClN4O11P. The van der Waals surface area contributed by atoms with E-state index in [0.29, 0.717) is 58.4 Å². The summed E-state index contributed by atoms with van der Waals surface area (Å²) in [6.07, 6.45) is -0.208. The van der Waals surface area contributed by atoms with E-state index in [0.717, 1.165) is 16.7 Å². The Morgan fingerprint density at radius 1 is 0.707 bits per heavy atom. The number of hydrogen-bond donors (Lipinski definition) is 1. The summed E-state index contributed by atoms with van der Waals surface area (Å²) < 4.78 is 61.5. The lowest BCUT2D eigenvalue weighted by Gasteiger charge is -2.50. The predicted octanol–water partition coefficient (Wildman–Crippen LogP) is 4.73. The van der Waals surface area contributed by atoms with Gasteiger partial charge in [-0.3, -0.25) is 23.8 Å². The third kappa shape index (κ3) is 12.0. The zero-order valence-electron chi connectivity index (χ0n) is 32.7. The van der Waals surface area contributed by atoms with Crippen molar-refractivity contribution in [3.05, 3.63) is 140 Å². The summed E-state index contributed by atoms with van der Waals surface area (Å²) in [7, 11) is 0. The number of aryl methyl sites for hydroxylation is 1. The minimum absolute atomic E-state index is 0.209. The highest BCUT2D eigenvalue weighted by Gasteiger charge is 2.47. The van der Waals surface area contributed by atoms with Crippen LogP contribution in [0.5, 0.6) is 0 Å². The van der Waals surface area contributed by atoms with Gasteiger partial charge in [0.15, 0.2) is 6.23 Å². The number of ether oxygens (including phenoxy) is 6. The fraction of sp³-hybridized carbons (Fsp3) is 0.463. The average Bonchev–Trinajstić information content (AvgIpc) is 3.23. The van der Waals surface area contributed by atoms with Gasteiger partial charge in [0, 0.05) is 49.2 Å². The van der Waals surface area contributed by atoms with E-state index in [-0.39, 0.29) is 46.0 Å².